The zero-order chi connectivity index (χ0) is 23.1. The van der Waals surface area contributed by atoms with Gasteiger partial charge in [-0.3, -0.25) is 4.79 Å². The van der Waals surface area contributed by atoms with Gasteiger partial charge in [0, 0.05) is 43.9 Å². The second-order valence-corrected chi connectivity index (χ2v) is 9.74. The Bertz CT molecular complexity index is 1280. The van der Waals surface area contributed by atoms with Crippen LogP contribution >= 0.6 is 11.3 Å². The molecule has 0 aromatic carbocycles. The number of ether oxygens (including phenoxy) is 1. The summed E-state index contributed by atoms with van der Waals surface area (Å²) in [4.78, 5) is 23.9. The number of rotatable bonds is 6. The van der Waals surface area contributed by atoms with Gasteiger partial charge in [0.2, 0.25) is 4.96 Å². The van der Waals surface area contributed by atoms with E-state index < -0.39 is 0 Å². The monoisotopic (exact) mass is 469 g/mol. The first-order chi connectivity index (χ1) is 15.9. The van der Waals surface area contributed by atoms with Gasteiger partial charge in [0.15, 0.2) is 5.82 Å². The molecule has 0 spiro atoms. The molecule has 174 valence electrons. The molecule has 0 amide bonds. The van der Waals surface area contributed by atoms with Gasteiger partial charge in [0.1, 0.15) is 6.10 Å². The molecule has 10 nitrogen and oxygen atoms in total. The fourth-order valence-electron chi connectivity index (χ4n) is 3.98. The number of aromatic nitrogens is 6. The summed E-state index contributed by atoms with van der Waals surface area (Å²) in [6.45, 7) is 7.93. The lowest BCUT2D eigenvalue weighted by atomic mass is 9.92. The topological polar surface area (TPSA) is 104 Å². The Balaban J connectivity index is 1.20. The van der Waals surface area contributed by atoms with Gasteiger partial charge in [-0.1, -0.05) is 19.0 Å². The van der Waals surface area contributed by atoms with Gasteiger partial charge in [0.05, 0.1) is 11.9 Å². The van der Waals surface area contributed by atoms with Crippen molar-refractivity contribution >= 4 is 22.3 Å². The largest absolute Gasteiger partial charge is 0.466 e. The molecule has 5 heterocycles. The normalized spacial score (nSPS) is 16.1. The maximum Gasteiger partial charge on any atom is 0.324 e. The van der Waals surface area contributed by atoms with Gasteiger partial charge in [-0.25, -0.2) is 9.50 Å². The van der Waals surface area contributed by atoms with Crippen molar-refractivity contribution in [1.29, 1.82) is 0 Å². The van der Waals surface area contributed by atoms with Gasteiger partial charge in [-0.2, -0.15) is 4.98 Å². The lowest BCUT2D eigenvalue weighted by Gasteiger charge is -2.33. The highest BCUT2D eigenvalue weighted by Gasteiger charge is 2.28. The van der Waals surface area contributed by atoms with Crippen molar-refractivity contribution in [2.24, 2.45) is 13.0 Å². The lowest BCUT2D eigenvalue weighted by Crippen LogP contribution is -2.38. The maximum atomic E-state index is 11.9. The van der Waals surface area contributed by atoms with Gasteiger partial charge >= 0.3 is 6.01 Å². The van der Waals surface area contributed by atoms with E-state index in [4.69, 9.17) is 9.26 Å². The van der Waals surface area contributed by atoms with E-state index in [0.29, 0.717) is 17.1 Å². The molecular formula is C22H27N7O3S. The smallest absolute Gasteiger partial charge is 0.324 e. The number of nitrogens with zero attached hydrogens (tertiary/aromatic N) is 7. The summed E-state index contributed by atoms with van der Waals surface area (Å²) in [6, 6.07) is 4.06. The van der Waals surface area contributed by atoms with E-state index in [1.54, 1.807) is 23.8 Å². The third-order valence-corrected chi connectivity index (χ3v) is 6.95. The standard InChI is InChI=1S/C22H27N7O3S/c1-13(2)19-24-20(32-26-19)28-9-6-15(7-10-28)14(3)31-22-25-29-12-17(23-21(29)33-22)16-5-8-27(4)18(30)11-16/h5,8,11-15H,6-7,9-10H2,1-4H3. The van der Waals surface area contributed by atoms with E-state index in [0.717, 1.165) is 48.0 Å². The molecule has 11 heteroatoms. The van der Waals surface area contributed by atoms with Gasteiger partial charge in [-0.05, 0) is 43.1 Å². The summed E-state index contributed by atoms with van der Waals surface area (Å²) in [6.07, 6.45) is 5.56. The van der Waals surface area contributed by atoms with Crippen molar-refractivity contribution in [2.45, 2.75) is 45.6 Å². The van der Waals surface area contributed by atoms with E-state index in [2.05, 4.69) is 45.9 Å². The molecule has 0 radical (unpaired) electrons. The quantitative estimate of drug-likeness (QED) is 0.424. The first-order valence-corrected chi connectivity index (χ1v) is 12.0. The molecule has 0 aliphatic carbocycles. The number of pyridine rings is 1. The van der Waals surface area contributed by atoms with Crippen LogP contribution in [-0.2, 0) is 7.05 Å². The minimum absolute atomic E-state index is 0.0357. The summed E-state index contributed by atoms with van der Waals surface area (Å²) in [7, 11) is 1.72. The van der Waals surface area contributed by atoms with Crippen LogP contribution in [-0.4, -0.2) is 48.5 Å². The van der Waals surface area contributed by atoms with Crippen LogP contribution in [0.5, 0.6) is 5.19 Å². The molecule has 33 heavy (non-hydrogen) atoms. The molecule has 1 aliphatic heterocycles. The summed E-state index contributed by atoms with van der Waals surface area (Å²) < 4.78 is 14.9. The van der Waals surface area contributed by atoms with Crippen LogP contribution in [0.3, 0.4) is 0 Å². The molecule has 1 fully saturated rings. The van der Waals surface area contributed by atoms with Gasteiger partial charge in [0.25, 0.3) is 10.8 Å². The number of piperidine rings is 1. The SMILES string of the molecule is CC(C)c1noc(N2CCC(C(C)Oc3nn4cc(-c5ccn(C)c(=O)c5)nc4s3)CC2)n1. The number of hydrogen-bond donors (Lipinski definition) is 0. The average Bonchev–Trinajstić information content (AvgIpc) is 3.51. The second-order valence-electron chi connectivity index (χ2n) is 8.82. The van der Waals surface area contributed by atoms with E-state index in [9.17, 15) is 4.79 Å². The van der Waals surface area contributed by atoms with Gasteiger partial charge in [-0.15, -0.1) is 5.10 Å². The Morgan fingerprint density at radius 2 is 2.00 bits per heavy atom. The molecule has 4 aromatic heterocycles. The van der Waals surface area contributed by atoms with Crippen molar-refractivity contribution in [3.8, 4) is 16.5 Å². The molecule has 0 saturated carbocycles. The molecule has 5 rings (SSSR count). The Morgan fingerprint density at radius 1 is 1.21 bits per heavy atom. The highest BCUT2D eigenvalue weighted by Crippen LogP contribution is 2.30. The highest BCUT2D eigenvalue weighted by atomic mass is 32.1. The Hall–Kier alpha value is -3.21. The van der Waals surface area contributed by atoms with E-state index in [-0.39, 0.29) is 17.6 Å². The summed E-state index contributed by atoms with van der Waals surface area (Å²) in [5.41, 5.74) is 1.43. The molecular weight excluding hydrogens is 442 g/mol. The Morgan fingerprint density at radius 3 is 2.67 bits per heavy atom. The van der Waals surface area contributed by atoms with Crippen molar-refractivity contribution in [2.75, 3.05) is 18.0 Å². The van der Waals surface area contributed by atoms with Crippen LogP contribution in [0.1, 0.15) is 45.4 Å². The minimum atomic E-state index is -0.0693. The van der Waals surface area contributed by atoms with Crippen LogP contribution in [0.15, 0.2) is 33.8 Å². The summed E-state index contributed by atoms with van der Waals surface area (Å²) >= 11 is 1.41. The summed E-state index contributed by atoms with van der Waals surface area (Å²) in [5, 5.41) is 9.20. The zero-order valence-electron chi connectivity index (χ0n) is 19.1. The number of anilines is 1. The number of aryl methyl sites for hydroxylation is 1. The molecule has 4 aromatic rings. The number of imidazole rings is 1. The van der Waals surface area contributed by atoms with Crippen molar-refractivity contribution in [3.05, 3.63) is 40.7 Å². The summed E-state index contributed by atoms with van der Waals surface area (Å²) in [5.74, 6) is 1.42. The average molecular weight is 470 g/mol. The third-order valence-electron chi connectivity index (χ3n) is 6.13. The maximum absolute atomic E-state index is 11.9. The molecule has 1 unspecified atom stereocenters. The van der Waals surface area contributed by atoms with Crippen LogP contribution in [0.2, 0.25) is 0 Å². The molecule has 0 bridgehead atoms. The number of fused-ring (bicyclic) bond motifs is 1. The van der Waals surface area contributed by atoms with Crippen molar-refractivity contribution in [3.63, 3.8) is 0 Å². The van der Waals surface area contributed by atoms with Crippen LogP contribution in [0, 0.1) is 5.92 Å². The van der Waals surface area contributed by atoms with E-state index >= 15 is 0 Å². The van der Waals surface area contributed by atoms with Crippen molar-refractivity contribution < 1.29 is 9.26 Å². The van der Waals surface area contributed by atoms with Crippen LogP contribution in [0.4, 0.5) is 6.01 Å². The zero-order valence-corrected chi connectivity index (χ0v) is 19.9. The molecule has 1 saturated heterocycles. The van der Waals surface area contributed by atoms with Crippen LogP contribution in [0.25, 0.3) is 16.2 Å². The highest BCUT2D eigenvalue weighted by molar-refractivity contribution is 7.18. The molecule has 0 N–H and O–H groups in total. The third kappa shape index (κ3) is 4.37. The second kappa shape index (κ2) is 8.62. The lowest BCUT2D eigenvalue weighted by molar-refractivity contribution is 0.130. The van der Waals surface area contributed by atoms with Crippen molar-refractivity contribution in [1.82, 2.24) is 29.3 Å². The first kappa shape index (κ1) is 21.6. The predicted octanol–water partition coefficient (Wildman–Crippen LogP) is 3.35. The molecule has 1 atom stereocenters. The fraction of sp³-hybridized carbons (Fsp3) is 0.500. The predicted molar refractivity (Wildman–Crippen MR) is 125 cm³/mol. The van der Waals surface area contributed by atoms with E-state index in [1.165, 1.54) is 15.9 Å². The van der Waals surface area contributed by atoms with E-state index in [1.807, 2.05) is 12.3 Å². The van der Waals surface area contributed by atoms with Gasteiger partial charge < -0.3 is 18.7 Å². The Kier molecular flexibility index (Phi) is 5.65. The van der Waals surface area contributed by atoms with Crippen LogP contribution < -0.4 is 15.2 Å². The first-order valence-electron chi connectivity index (χ1n) is 11.2. The molecule has 1 aliphatic rings. The Labute approximate surface area is 194 Å². The fourth-order valence-corrected chi connectivity index (χ4v) is 4.80. The minimum Gasteiger partial charge on any atom is -0.466 e. The number of hydrogen-bond acceptors (Lipinski definition) is 9.